The van der Waals surface area contributed by atoms with Crippen molar-refractivity contribution >= 4 is 11.0 Å². The summed E-state index contributed by atoms with van der Waals surface area (Å²) < 4.78 is 22.0. The van der Waals surface area contributed by atoms with Crippen LogP contribution in [0.25, 0.3) is 11.0 Å². The van der Waals surface area contributed by atoms with Crippen molar-refractivity contribution in [3.63, 3.8) is 0 Å². The summed E-state index contributed by atoms with van der Waals surface area (Å²) in [5, 5.41) is 3.71. The van der Waals surface area contributed by atoms with Gasteiger partial charge in [0.1, 0.15) is 11.6 Å². The molecule has 0 saturated carbocycles. The van der Waals surface area contributed by atoms with E-state index in [0.29, 0.717) is 29.2 Å². The van der Waals surface area contributed by atoms with Crippen LogP contribution in [0.1, 0.15) is 35.4 Å². The largest absolute Gasteiger partial charge is 0.493 e. The van der Waals surface area contributed by atoms with E-state index in [2.05, 4.69) is 33.4 Å². The van der Waals surface area contributed by atoms with Crippen LogP contribution < -0.4 is 15.6 Å². The highest BCUT2D eigenvalue weighted by atomic mass is 19.1. The van der Waals surface area contributed by atoms with E-state index in [1.165, 1.54) is 23.4 Å². The van der Waals surface area contributed by atoms with Crippen LogP contribution in [0.2, 0.25) is 0 Å². The predicted octanol–water partition coefficient (Wildman–Crippen LogP) is 2.82. The summed E-state index contributed by atoms with van der Waals surface area (Å²) in [5.74, 6) is 0.727. The smallest absolute Gasteiger partial charge is 0.251 e. The monoisotopic (exact) mass is 434 g/mol. The molecule has 2 aromatic heterocycles. The standard InChI is InChI=1S/C25H27FN4O2/c26-20-13-28-21-2-4-23(31)30-15-18(24(20)25(21)30)14-29-8-5-19(6-9-29)27-12-16-1-3-22-17(11-16)7-10-32-22/h1-4,11,13,18-19,27H,5-10,12,14-15H2/t18-/m1/s1. The van der Waals surface area contributed by atoms with Crippen molar-refractivity contribution in [3.05, 3.63) is 69.4 Å². The number of hydrogen-bond donors (Lipinski definition) is 1. The third kappa shape index (κ3) is 3.49. The first-order valence-corrected chi connectivity index (χ1v) is 11.5. The van der Waals surface area contributed by atoms with E-state index in [0.717, 1.165) is 57.8 Å². The Hall–Kier alpha value is -2.77. The van der Waals surface area contributed by atoms with Crippen LogP contribution in [0, 0.1) is 5.82 Å². The van der Waals surface area contributed by atoms with Crippen molar-refractivity contribution in [2.24, 2.45) is 0 Å². The van der Waals surface area contributed by atoms with E-state index in [4.69, 9.17) is 4.74 Å². The Morgan fingerprint density at radius 1 is 1.19 bits per heavy atom. The highest BCUT2D eigenvalue weighted by molar-refractivity contribution is 5.80. The molecule has 0 bridgehead atoms. The number of pyridine rings is 2. The minimum absolute atomic E-state index is 0.00579. The maximum Gasteiger partial charge on any atom is 0.251 e. The number of nitrogens with one attached hydrogen (secondary N) is 1. The molecule has 3 aliphatic rings. The second kappa shape index (κ2) is 7.98. The number of aromatic nitrogens is 2. The predicted molar refractivity (Wildman–Crippen MR) is 121 cm³/mol. The van der Waals surface area contributed by atoms with Crippen molar-refractivity contribution in [1.29, 1.82) is 0 Å². The number of likely N-dealkylation sites (tertiary alicyclic amines) is 1. The molecule has 1 fully saturated rings. The Morgan fingerprint density at radius 3 is 2.94 bits per heavy atom. The fourth-order valence-electron chi connectivity index (χ4n) is 5.54. The van der Waals surface area contributed by atoms with Gasteiger partial charge in [-0.2, -0.15) is 0 Å². The van der Waals surface area contributed by atoms with Crippen LogP contribution in [0.4, 0.5) is 4.39 Å². The maximum atomic E-state index is 14.7. The van der Waals surface area contributed by atoms with Crippen LogP contribution in [0.5, 0.6) is 5.75 Å². The molecule has 1 N–H and O–H groups in total. The molecule has 0 radical (unpaired) electrons. The summed E-state index contributed by atoms with van der Waals surface area (Å²) >= 11 is 0. The van der Waals surface area contributed by atoms with Gasteiger partial charge in [-0.15, -0.1) is 0 Å². The van der Waals surface area contributed by atoms with Crippen LogP contribution in [0.15, 0.2) is 41.3 Å². The fraction of sp³-hybridized carbons (Fsp3) is 0.440. The molecule has 0 spiro atoms. The molecular weight excluding hydrogens is 407 g/mol. The minimum atomic E-state index is -0.296. The Balaban J connectivity index is 1.07. The molecule has 0 amide bonds. The highest BCUT2D eigenvalue weighted by Crippen LogP contribution is 2.34. The first-order valence-electron chi connectivity index (χ1n) is 11.5. The summed E-state index contributed by atoms with van der Waals surface area (Å²) in [6.45, 7) is 4.93. The first-order chi connectivity index (χ1) is 15.7. The lowest BCUT2D eigenvalue weighted by atomic mass is 9.98. The molecule has 0 aliphatic carbocycles. The van der Waals surface area contributed by atoms with Crippen molar-refractivity contribution in [2.45, 2.75) is 44.3 Å². The molecule has 6 nitrogen and oxygen atoms in total. The summed E-state index contributed by atoms with van der Waals surface area (Å²) in [4.78, 5) is 18.9. The number of hydrogen-bond acceptors (Lipinski definition) is 5. The Bertz CT molecular complexity index is 1230. The van der Waals surface area contributed by atoms with E-state index in [1.807, 2.05) is 0 Å². The van der Waals surface area contributed by atoms with E-state index in [9.17, 15) is 9.18 Å². The minimum Gasteiger partial charge on any atom is -0.493 e. The number of nitrogens with zero attached hydrogens (tertiary/aromatic N) is 3. The van der Waals surface area contributed by atoms with Crippen molar-refractivity contribution in [3.8, 4) is 5.75 Å². The van der Waals surface area contributed by atoms with Crippen molar-refractivity contribution in [1.82, 2.24) is 19.8 Å². The number of fused-ring (bicyclic) bond motifs is 1. The number of rotatable bonds is 5. The molecule has 1 aromatic carbocycles. The quantitative estimate of drug-likeness (QED) is 0.669. The number of benzene rings is 1. The Morgan fingerprint density at radius 2 is 2.06 bits per heavy atom. The molecule has 1 atom stereocenters. The summed E-state index contributed by atoms with van der Waals surface area (Å²) in [7, 11) is 0. The molecule has 0 unspecified atom stereocenters. The summed E-state index contributed by atoms with van der Waals surface area (Å²) in [6, 6.07) is 10.2. The topological polar surface area (TPSA) is 59.4 Å². The summed E-state index contributed by atoms with van der Waals surface area (Å²) in [5.41, 5.74) is 4.59. The lowest BCUT2D eigenvalue weighted by Crippen LogP contribution is -2.43. The second-order valence-electron chi connectivity index (χ2n) is 9.23. The Labute approximate surface area is 186 Å². The van der Waals surface area contributed by atoms with Crippen LogP contribution >= 0.6 is 0 Å². The van der Waals surface area contributed by atoms with E-state index < -0.39 is 0 Å². The lowest BCUT2D eigenvalue weighted by molar-refractivity contribution is 0.184. The lowest BCUT2D eigenvalue weighted by Gasteiger charge is -2.34. The van der Waals surface area contributed by atoms with E-state index in [1.54, 1.807) is 10.6 Å². The van der Waals surface area contributed by atoms with Gasteiger partial charge < -0.3 is 19.5 Å². The molecule has 6 rings (SSSR count). The zero-order chi connectivity index (χ0) is 21.7. The zero-order valence-corrected chi connectivity index (χ0v) is 18.0. The SMILES string of the molecule is O=c1ccc2ncc(F)c3c2n1C[C@H]3CN1CCC(NCc2ccc3c(c2)CCO3)CC1. The average Bonchev–Trinajstić information content (AvgIpc) is 3.43. The summed E-state index contributed by atoms with van der Waals surface area (Å²) in [6.07, 6.45) is 4.44. The maximum absolute atomic E-state index is 14.7. The first kappa shape index (κ1) is 19.9. The number of piperidine rings is 1. The van der Waals surface area contributed by atoms with Crippen molar-refractivity contribution < 1.29 is 9.13 Å². The van der Waals surface area contributed by atoms with Gasteiger partial charge in [-0.1, -0.05) is 12.1 Å². The van der Waals surface area contributed by atoms with E-state index in [-0.39, 0.29) is 17.3 Å². The molecule has 166 valence electrons. The van der Waals surface area contributed by atoms with Gasteiger partial charge in [0, 0.05) is 49.6 Å². The third-order valence-corrected chi connectivity index (χ3v) is 7.22. The number of ether oxygens (including phenoxy) is 1. The molecule has 32 heavy (non-hydrogen) atoms. The molecule has 7 heteroatoms. The van der Waals surface area contributed by atoms with Crippen LogP contribution in [-0.2, 0) is 19.5 Å². The van der Waals surface area contributed by atoms with Crippen LogP contribution in [-0.4, -0.2) is 46.7 Å². The fourth-order valence-corrected chi connectivity index (χ4v) is 5.54. The van der Waals surface area contributed by atoms with Gasteiger partial charge >= 0.3 is 0 Å². The molecular formula is C25H27FN4O2. The average molecular weight is 435 g/mol. The Kier molecular flexibility index (Phi) is 4.96. The van der Waals surface area contributed by atoms with Gasteiger partial charge in [-0.25, -0.2) is 4.39 Å². The van der Waals surface area contributed by atoms with Gasteiger partial charge in [0.25, 0.3) is 5.56 Å². The van der Waals surface area contributed by atoms with Gasteiger partial charge in [0.2, 0.25) is 0 Å². The van der Waals surface area contributed by atoms with E-state index >= 15 is 0 Å². The van der Waals surface area contributed by atoms with Gasteiger partial charge in [-0.3, -0.25) is 9.78 Å². The van der Waals surface area contributed by atoms with Gasteiger partial charge in [0.15, 0.2) is 0 Å². The normalized spacial score (nSPS) is 20.6. The number of halogens is 1. The molecule has 1 saturated heterocycles. The molecule has 3 aromatic rings. The third-order valence-electron chi connectivity index (χ3n) is 7.22. The molecule has 3 aliphatic heterocycles. The van der Waals surface area contributed by atoms with Gasteiger partial charge in [0.05, 0.1) is 23.8 Å². The van der Waals surface area contributed by atoms with Crippen molar-refractivity contribution in [2.75, 3.05) is 26.2 Å². The van der Waals surface area contributed by atoms with Crippen LogP contribution in [0.3, 0.4) is 0 Å². The molecule has 5 heterocycles. The second-order valence-corrected chi connectivity index (χ2v) is 9.23. The zero-order valence-electron chi connectivity index (χ0n) is 18.0. The van der Waals surface area contributed by atoms with Gasteiger partial charge in [-0.05, 0) is 49.2 Å². The highest BCUT2D eigenvalue weighted by Gasteiger charge is 2.31.